The van der Waals surface area contributed by atoms with Gasteiger partial charge in [0, 0.05) is 38.2 Å². The number of aromatic nitrogens is 1. The molecule has 1 aromatic rings. The Hall–Kier alpha value is -2.38. The summed E-state index contributed by atoms with van der Waals surface area (Å²) in [6.45, 7) is 1.99. The predicted molar refractivity (Wildman–Crippen MR) is 86.5 cm³/mol. The fourth-order valence-corrected chi connectivity index (χ4v) is 3.52. The maximum atomic E-state index is 12.5. The van der Waals surface area contributed by atoms with Gasteiger partial charge in [-0.3, -0.25) is 19.7 Å². The molecular weight excluding hydrogens is 312 g/mol. The molecule has 2 heterocycles. The molecule has 2 aliphatic rings. The average Bonchev–Trinajstić information content (AvgIpc) is 3.12. The van der Waals surface area contributed by atoms with Crippen molar-refractivity contribution in [1.29, 1.82) is 0 Å². The van der Waals surface area contributed by atoms with Gasteiger partial charge in [-0.15, -0.1) is 0 Å². The summed E-state index contributed by atoms with van der Waals surface area (Å²) in [6, 6.07) is 1.25. The standard InChI is InChI=1S/C16H22N4O4/c21-15(12-4-2-1-3-5-12)18-6-8-19(9-7-18)16(22)14-10-13(11-17-14)20(23)24/h10-12,17H,1-9H2. The Morgan fingerprint density at radius 3 is 2.29 bits per heavy atom. The Labute approximate surface area is 140 Å². The van der Waals surface area contributed by atoms with Gasteiger partial charge in [-0.2, -0.15) is 0 Å². The van der Waals surface area contributed by atoms with Crippen LogP contribution in [0.3, 0.4) is 0 Å². The van der Waals surface area contributed by atoms with E-state index in [4.69, 9.17) is 0 Å². The van der Waals surface area contributed by atoms with Gasteiger partial charge in [-0.25, -0.2) is 0 Å². The lowest BCUT2D eigenvalue weighted by Crippen LogP contribution is -2.52. The van der Waals surface area contributed by atoms with Gasteiger partial charge in [0.1, 0.15) is 5.69 Å². The lowest BCUT2D eigenvalue weighted by atomic mass is 9.88. The van der Waals surface area contributed by atoms with E-state index in [0.29, 0.717) is 26.2 Å². The first-order valence-electron chi connectivity index (χ1n) is 8.47. The number of nitrogens with one attached hydrogen (secondary N) is 1. The minimum atomic E-state index is -0.534. The van der Waals surface area contributed by atoms with Crippen LogP contribution in [0.5, 0.6) is 0 Å². The minimum absolute atomic E-state index is 0.121. The van der Waals surface area contributed by atoms with E-state index >= 15 is 0 Å². The summed E-state index contributed by atoms with van der Waals surface area (Å²) < 4.78 is 0. The molecule has 1 saturated carbocycles. The lowest BCUT2D eigenvalue weighted by Gasteiger charge is -2.37. The highest BCUT2D eigenvalue weighted by Crippen LogP contribution is 2.26. The van der Waals surface area contributed by atoms with Crippen molar-refractivity contribution < 1.29 is 14.5 Å². The van der Waals surface area contributed by atoms with E-state index in [1.807, 2.05) is 4.90 Å². The number of carbonyl (C=O) groups is 2. The summed E-state index contributed by atoms with van der Waals surface area (Å²) in [5.74, 6) is 0.109. The lowest BCUT2D eigenvalue weighted by molar-refractivity contribution is -0.384. The second kappa shape index (κ2) is 7.02. The number of hydrogen-bond acceptors (Lipinski definition) is 4. The van der Waals surface area contributed by atoms with Gasteiger partial charge in [0.15, 0.2) is 0 Å². The van der Waals surface area contributed by atoms with Crippen molar-refractivity contribution in [2.24, 2.45) is 5.92 Å². The molecule has 1 aliphatic carbocycles. The molecule has 1 N–H and O–H groups in total. The maximum absolute atomic E-state index is 12.5. The number of nitro groups is 1. The first-order chi connectivity index (χ1) is 11.6. The highest BCUT2D eigenvalue weighted by atomic mass is 16.6. The Morgan fingerprint density at radius 2 is 1.71 bits per heavy atom. The molecule has 1 aromatic heterocycles. The van der Waals surface area contributed by atoms with Crippen molar-refractivity contribution in [2.45, 2.75) is 32.1 Å². The summed E-state index contributed by atoms with van der Waals surface area (Å²) in [6.07, 6.45) is 6.64. The largest absolute Gasteiger partial charge is 0.351 e. The number of amides is 2. The van der Waals surface area contributed by atoms with E-state index in [2.05, 4.69) is 4.98 Å². The third-order valence-electron chi connectivity index (χ3n) is 4.94. The van der Waals surface area contributed by atoms with E-state index in [-0.39, 0.29) is 29.1 Å². The van der Waals surface area contributed by atoms with Crippen LogP contribution in [0.2, 0.25) is 0 Å². The Kier molecular flexibility index (Phi) is 4.82. The molecule has 8 heteroatoms. The molecule has 2 fully saturated rings. The van der Waals surface area contributed by atoms with Crippen LogP contribution in [0.4, 0.5) is 5.69 Å². The first kappa shape index (κ1) is 16.5. The van der Waals surface area contributed by atoms with Crippen molar-refractivity contribution >= 4 is 17.5 Å². The summed E-state index contributed by atoms with van der Waals surface area (Å²) >= 11 is 0. The van der Waals surface area contributed by atoms with Crippen LogP contribution in [0, 0.1) is 16.0 Å². The van der Waals surface area contributed by atoms with Crippen LogP contribution in [0.1, 0.15) is 42.6 Å². The molecule has 0 spiro atoms. The van der Waals surface area contributed by atoms with Crippen molar-refractivity contribution in [2.75, 3.05) is 26.2 Å². The second-order valence-electron chi connectivity index (χ2n) is 6.48. The highest BCUT2D eigenvalue weighted by Gasteiger charge is 2.30. The normalized spacial score (nSPS) is 19.3. The smallest absolute Gasteiger partial charge is 0.287 e. The van der Waals surface area contributed by atoms with Crippen LogP contribution in [-0.2, 0) is 4.79 Å². The molecular formula is C16H22N4O4. The molecule has 8 nitrogen and oxygen atoms in total. The zero-order valence-corrected chi connectivity index (χ0v) is 13.6. The highest BCUT2D eigenvalue weighted by molar-refractivity contribution is 5.93. The third-order valence-corrected chi connectivity index (χ3v) is 4.94. The molecule has 2 amide bonds. The van der Waals surface area contributed by atoms with Gasteiger partial charge in [-0.1, -0.05) is 19.3 Å². The van der Waals surface area contributed by atoms with Gasteiger partial charge in [0.05, 0.1) is 11.1 Å². The van der Waals surface area contributed by atoms with E-state index < -0.39 is 4.92 Å². The second-order valence-corrected chi connectivity index (χ2v) is 6.48. The van der Waals surface area contributed by atoms with E-state index in [0.717, 1.165) is 25.7 Å². The number of H-pyrrole nitrogens is 1. The molecule has 0 atom stereocenters. The summed E-state index contributed by atoms with van der Waals surface area (Å²) in [4.78, 5) is 41.2. The van der Waals surface area contributed by atoms with Gasteiger partial charge in [0.2, 0.25) is 5.91 Å². The van der Waals surface area contributed by atoms with Crippen LogP contribution < -0.4 is 0 Å². The molecule has 0 radical (unpaired) electrons. The Balaban J connectivity index is 1.55. The first-order valence-corrected chi connectivity index (χ1v) is 8.47. The molecule has 0 aromatic carbocycles. The van der Waals surface area contributed by atoms with Crippen LogP contribution in [0.15, 0.2) is 12.3 Å². The number of carbonyl (C=O) groups excluding carboxylic acids is 2. The Morgan fingerprint density at radius 1 is 1.08 bits per heavy atom. The minimum Gasteiger partial charge on any atom is -0.351 e. The van der Waals surface area contributed by atoms with Crippen molar-refractivity contribution in [3.8, 4) is 0 Å². The van der Waals surface area contributed by atoms with E-state index in [1.54, 1.807) is 4.90 Å². The monoisotopic (exact) mass is 334 g/mol. The molecule has 1 saturated heterocycles. The summed E-state index contributed by atoms with van der Waals surface area (Å²) in [5.41, 5.74) is 0.0956. The van der Waals surface area contributed by atoms with Gasteiger partial charge in [-0.05, 0) is 12.8 Å². The predicted octanol–water partition coefficient (Wildman–Crippen LogP) is 1.79. The fourth-order valence-electron chi connectivity index (χ4n) is 3.52. The molecule has 3 rings (SSSR count). The molecule has 130 valence electrons. The topological polar surface area (TPSA) is 99.5 Å². The van der Waals surface area contributed by atoms with Gasteiger partial charge in [0.25, 0.3) is 11.6 Å². The van der Waals surface area contributed by atoms with Crippen LogP contribution >= 0.6 is 0 Å². The summed E-state index contributed by atoms with van der Waals surface area (Å²) in [5, 5.41) is 10.7. The fraction of sp³-hybridized carbons (Fsp3) is 0.625. The number of aromatic amines is 1. The number of piperazine rings is 1. The molecule has 1 aliphatic heterocycles. The van der Waals surface area contributed by atoms with Crippen LogP contribution in [-0.4, -0.2) is 57.7 Å². The molecule has 0 unspecified atom stereocenters. The van der Waals surface area contributed by atoms with E-state index in [9.17, 15) is 19.7 Å². The molecule has 0 bridgehead atoms. The van der Waals surface area contributed by atoms with Crippen molar-refractivity contribution in [1.82, 2.24) is 14.8 Å². The van der Waals surface area contributed by atoms with Crippen molar-refractivity contribution in [3.05, 3.63) is 28.1 Å². The number of nitrogens with zero attached hydrogens (tertiary/aromatic N) is 3. The van der Waals surface area contributed by atoms with Crippen molar-refractivity contribution in [3.63, 3.8) is 0 Å². The van der Waals surface area contributed by atoms with E-state index in [1.165, 1.54) is 18.7 Å². The van der Waals surface area contributed by atoms with Gasteiger partial charge < -0.3 is 14.8 Å². The Bertz CT molecular complexity index is 628. The quantitative estimate of drug-likeness (QED) is 0.673. The number of rotatable bonds is 3. The number of hydrogen-bond donors (Lipinski definition) is 1. The van der Waals surface area contributed by atoms with Crippen LogP contribution in [0.25, 0.3) is 0 Å². The zero-order valence-electron chi connectivity index (χ0n) is 13.6. The SMILES string of the molecule is O=C(c1cc([N+](=O)[O-])c[nH]1)N1CCN(C(=O)C2CCCCC2)CC1. The third kappa shape index (κ3) is 3.42. The average molecular weight is 334 g/mol. The summed E-state index contributed by atoms with van der Waals surface area (Å²) in [7, 11) is 0. The molecule has 24 heavy (non-hydrogen) atoms. The maximum Gasteiger partial charge on any atom is 0.287 e. The van der Waals surface area contributed by atoms with Gasteiger partial charge >= 0.3 is 0 Å². The zero-order chi connectivity index (χ0) is 17.1.